The van der Waals surface area contributed by atoms with Gasteiger partial charge in [0.25, 0.3) is 0 Å². The summed E-state index contributed by atoms with van der Waals surface area (Å²) in [5, 5.41) is 2.91. The second-order valence-corrected chi connectivity index (χ2v) is 10.1. The van der Waals surface area contributed by atoms with E-state index in [9.17, 15) is 13.2 Å². The van der Waals surface area contributed by atoms with Crippen LogP contribution in [0.25, 0.3) is 0 Å². The molecular weight excluding hydrogens is 404 g/mol. The second-order valence-electron chi connectivity index (χ2n) is 7.09. The van der Waals surface area contributed by atoms with Gasteiger partial charge in [0.1, 0.15) is 6.04 Å². The Labute approximate surface area is 178 Å². The van der Waals surface area contributed by atoms with E-state index in [0.717, 1.165) is 23.3 Å². The van der Waals surface area contributed by atoms with E-state index in [-0.39, 0.29) is 5.91 Å². The topological polar surface area (TPSA) is 66.5 Å². The Morgan fingerprint density at radius 2 is 1.86 bits per heavy atom. The Balaban J connectivity index is 1.98. The first-order chi connectivity index (χ1) is 13.7. The molecule has 0 aromatic heterocycles. The van der Waals surface area contributed by atoms with Crippen molar-refractivity contribution in [2.24, 2.45) is 0 Å². The van der Waals surface area contributed by atoms with Gasteiger partial charge in [0.2, 0.25) is 15.9 Å². The molecule has 2 rings (SSSR count). The van der Waals surface area contributed by atoms with Crippen molar-refractivity contribution in [1.82, 2.24) is 5.32 Å². The maximum absolute atomic E-state index is 12.8. The zero-order chi connectivity index (χ0) is 21.4. The number of anilines is 1. The Hall–Kier alpha value is -1.99. The van der Waals surface area contributed by atoms with Gasteiger partial charge in [0.15, 0.2) is 0 Å². The molecule has 0 saturated heterocycles. The third kappa shape index (κ3) is 6.78. The summed E-state index contributed by atoms with van der Waals surface area (Å²) in [7, 11) is -3.60. The highest BCUT2D eigenvalue weighted by atomic mass is 32.2. The van der Waals surface area contributed by atoms with Crippen molar-refractivity contribution in [1.29, 1.82) is 0 Å². The summed E-state index contributed by atoms with van der Waals surface area (Å²) >= 11 is 1.75. The van der Waals surface area contributed by atoms with Crippen molar-refractivity contribution in [2.75, 3.05) is 22.9 Å². The molecule has 0 spiro atoms. The number of aryl methyl sites for hydroxylation is 2. The first-order valence-electron chi connectivity index (χ1n) is 9.70. The number of hydrogen-bond acceptors (Lipinski definition) is 4. The number of amides is 1. The van der Waals surface area contributed by atoms with Crippen LogP contribution in [0.1, 0.15) is 30.0 Å². The van der Waals surface area contributed by atoms with Crippen LogP contribution < -0.4 is 9.62 Å². The van der Waals surface area contributed by atoms with E-state index in [2.05, 4.69) is 24.4 Å². The summed E-state index contributed by atoms with van der Waals surface area (Å²) in [6, 6.07) is 14.7. The molecule has 0 aliphatic rings. The van der Waals surface area contributed by atoms with Crippen LogP contribution in [0.2, 0.25) is 0 Å². The number of sulfonamides is 1. The lowest BCUT2D eigenvalue weighted by Crippen LogP contribution is -2.49. The van der Waals surface area contributed by atoms with E-state index < -0.39 is 16.1 Å². The van der Waals surface area contributed by atoms with Crippen LogP contribution in [-0.2, 0) is 20.6 Å². The number of thioether (sulfide) groups is 1. The standard InChI is InChI=1S/C22H30N2O3S2/c1-5-21(24(29(4,26)27)20-12-8-9-17(2)15-20)22(25)23-13-14-28-16-19-11-7-6-10-18(19)3/h6-12,15,21H,5,13-14,16H2,1-4H3,(H,23,25). The molecule has 29 heavy (non-hydrogen) atoms. The van der Waals surface area contributed by atoms with Crippen LogP contribution in [0.3, 0.4) is 0 Å². The van der Waals surface area contributed by atoms with Crippen LogP contribution in [0, 0.1) is 13.8 Å². The molecular formula is C22H30N2O3S2. The number of benzene rings is 2. The average molecular weight is 435 g/mol. The van der Waals surface area contributed by atoms with Gasteiger partial charge in [-0.15, -0.1) is 0 Å². The molecule has 0 aliphatic heterocycles. The lowest BCUT2D eigenvalue weighted by Gasteiger charge is -2.30. The Morgan fingerprint density at radius 3 is 2.48 bits per heavy atom. The van der Waals surface area contributed by atoms with Crippen LogP contribution in [0.4, 0.5) is 5.69 Å². The number of carbonyl (C=O) groups is 1. The summed E-state index contributed by atoms with van der Waals surface area (Å²) in [5.74, 6) is 1.38. The van der Waals surface area contributed by atoms with Crippen LogP contribution in [0.15, 0.2) is 48.5 Å². The molecule has 5 nitrogen and oxygen atoms in total. The van der Waals surface area contributed by atoms with Crippen molar-refractivity contribution >= 4 is 33.4 Å². The molecule has 0 bridgehead atoms. The quantitative estimate of drug-likeness (QED) is 0.576. The van der Waals surface area contributed by atoms with Gasteiger partial charge < -0.3 is 5.32 Å². The van der Waals surface area contributed by atoms with Crippen LogP contribution in [0.5, 0.6) is 0 Å². The predicted octanol–water partition coefficient (Wildman–Crippen LogP) is 3.90. The zero-order valence-electron chi connectivity index (χ0n) is 17.5. The number of rotatable bonds is 10. The van der Waals surface area contributed by atoms with Gasteiger partial charge in [-0.05, 0) is 49.1 Å². The molecule has 1 N–H and O–H groups in total. The number of nitrogens with one attached hydrogen (secondary N) is 1. The molecule has 7 heteroatoms. The van der Waals surface area contributed by atoms with E-state index in [1.165, 1.54) is 15.4 Å². The van der Waals surface area contributed by atoms with Crippen molar-refractivity contribution in [3.63, 3.8) is 0 Å². The fraction of sp³-hybridized carbons (Fsp3) is 0.409. The highest BCUT2D eigenvalue weighted by Gasteiger charge is 2.31. The summed E-state index contributed by atoms with van der Waals surface area (Å²) in [5.41, 5.74) is 4.01. The predicted molar refractivity (Wildman–Crippen MR) is 123 cm³/mol. The highest BCUT2D eigenvalue weighted by Crippen LogP contribution is 2.23. The SMILES string of the molecule is CCC(C(=O)NCCSCc1ccccc1C)N(c1cccc(C)c1)S(C)(=O)=O. The van der Waals surface area contributed by atoms with Gasteiger partial charge in [-0.1, -0.05) is 43.3 Å². The Bertz CT molecular complexity index is 929. The van der Waals surface area contributed by atoms with Crippen molar-refractivity contribution in [3.8, 4) is 0 Å². The van der Waals surface area contributed by atoms with Gasteiger partial charge in [0.05, 0.1) is 11.9 Å². The second kappa shape index (κ2) is 10.7. The molecule has 0 heterocycles. The molecule has 0 radical (unpaired) electrons. The lowest BCUT2D eigenvalue weighted by molar-refractivity contribution is -0.122. The Kier molecular flexibility index (Phi) is 8.59. The fourth-order valence-electron chi connectivity index (χ4n) is 3.14. The largest absolute Gasteiger partial charge is 0.353 e. The Morgan fingerprint density at radius 1 is 1.14 bits per heavy atom. The monoisotopic (exact) mass is 434 g/mol. The van der Waals surface area contributed by atoms with E-state index >= 15 is 0 Å². The third-order valence-corrected chi connectivity index (χ3v) is 6.84. The maximum Gasteiger partial charge on any atom is 0.243 e. The fourth-order valence-corrected chi connectivity index (χ4v) is 5.28. The molecule has 1 amide bonds. The van der Waals surface area contributed by atoms with Gasteiger partial charge in [-0.25, -0.2) is 8.42 Å². The van der Waals surface area contributed by atoms with E-state index in [0.29, 0.717) is 18.7 Å². The molecule has 0 fully saturated rings. The minimum absolute atomic E-state index is 0.268. The van der Waals surface area contributed by atoms with E-state index in [1.54, 1.807) is 30.0 Å². The minimum atomic E-state index is -3.60. The number of hydrogen-bond donors (Lipinski definition) is 1. The van der Waals surface area contributed by atoms with Crippen molar-refractivity contribution < 1.29 is 13.2 Å². The van der Waals surface area contributed by atoms with Gasteiger partial charge >= 0.3 is 0 Å². The molecule has 0 saturated carbocycles. The van der Waals surface area contributed by atoms with Gasteiger partial charge in [-0.3, -0.25) is 9.10 Å². The normalized spacial score (nSPS) is 12.4. The maximum atomic E-state index is 12.8. The number of nitrogens with zero attached hydrogens (tertiary/aromatic N) is 1. The van der Waals surface area contributed by atoms with E-state index in [1.807, 2.05) is 32.0 Å². The van der Waals surface area contributed by atoms with Crippen LogP contribution >= 0.6 is 11.8 Å². The van der Waals surface area contributed by atoms with Crippen molar-refractivity contribution in [3.05, 3.63) is 65.2 Å². The molecule has 158 valence electrons. The summed E-state index contributed by atoms with van der Waals surface area (Å²) in [6.07, 6.45) is 1.53. The zero-order valence-corrected chi connectivity index (χ0v) is 19.1. The van der Waals surface area contributed by atoms with Crippen molar-refractivity contribution in [2.45, 2.75) is 39.0 Å². The van der Waals surface area contributed by atoms with Gasteiger partial charge in [-0.2, -0.15) is 11.8 Å². The first kappa shape index (κ1) is 23.3. The molecule has 2 aromatic rings. The molecule has 1 unspecified atom stereocenters. The molecule has 2 aromatic carbocycles. The summed E-state index contributed by atoms with van der Waals surface area (Å²) in [4.78, 5) is 12.8. The first-order valence-corrected chi connectivity index (χ1v) is 12.7. The summed E-state index contributed by atoms with van der Waals surface area (Å²) in [6.45, 7) is 6.31. The van der Waals surface area contributed by atoms with E-state index in [4.69, 9.17) is 0 Å². The summed E-state index contributed by atoms with van der Waals surface area (Å²) < 4.78 is 26.1. The smallest absolute Gasteiger partial charge is 0.243 e. The number of carbonyl (C=O) groups excluding carboxylic acids is 1. The van der Waals surface area contributed by atoms with Crippen LogP contribution in [-0.4, -0.2) is 38.9 Å². The molecule has 0 aliphatic carbocycles. The van der Waals surface area contributed by atoms with Gasteiger partial charge in [0, 0.05) is 18.1 Å². The molecule has 1 atom stereocenters. The third-order valence-electron chi connectivity index (χ3n) is 4.65. The average Bonchev–Trinajstić information content (AvgIpc) is 2.65. The lowest BCUT2D eigenvalue weighted by atomic mass is 10.1. The minimum Gasteiger partial charge on any atom is -0.353 e. The highest BCUT2D eigenvalue weighted by molar-refractivity contribution is 7.98.